The second-order valence-corrected chi connectivity index (χ2v) is 7.77. The van der Waals surface area contributed by atoms with Gasteiger partial charge in [-0.2, -0.15) is 0 Å². The molecule has 124 valence electrons. The number of sulfonamides is 1. The van der Waals surface area contributed by atoms with Gasteiger partial charge in [0, 0.05) is 27.2 Å². The maximum absolute atomic E-state index is 13.2. The zero-order valence-corrected chi connectivity index (χ0v) is 14.3. The summed E-state index contributed by atoms with van der Waals surface area (Å²) < 4.78 is 38.4. The first-order valence-corrected chi connectivity index (χ1v) is 8.72. The number of aryl methyl sites for hydroxylation is 1. The van der Waals surface area contributed by atoms with Gasteiger partial charge in [0.15, 0.2) is 0 Å². The molecule has 4 nitrogen and oxygen atoms in total. The maximum atomic E-state index is 13.2. The monoisotopic (exact) mass is 336 g/mol. The van der Waals surface area contributed by atoms with Crippen LogP contribution in [0.25, 0.3) is 0 Å². The Balaban J connectivity index is 1.95. The van der Waals surface area contributed by atoms with Gasteiger partial charge in [-0.25, -0.2) is 17.1 Å². The van der Waals surface area contributed by atoms with E-state index in [2.05, 4.69) is 5.32 Å². The summed E-state index contributed by atoms with van der Waals surface area (Å²) in [5.41, 5.74) is 2.62. The number of hydrogen-bond acceptors (Lipinski definition) is 3. The first-order chi connectivity index (χ1) is 10.8. The molecule has 2 aromatic carbocycles. The molecule has 0 radical (unpaired) electrons. The van der Waals surface area contributed by atoms with E-state index in [0.717, 1.165) is 11.1 Å². The molecule has 0 aliphatic rings. The molecule has 2 rings (SSSR count). The van der Waals surface area contributed by atoms with Crippen molar-refractivity contribution in [2.24, 2.45) is 0 Å². The number of rotatable bonds is 6. The first kappa shape index (κ1) is 17.6. The molecule has 0 fully saturated rings. The Kier molecular flexibility index (Phi) is 5.51. The predicted molar refractivity (Wildman–Crippen MR) is 89.0 cm³/mol. The van der Waals surface area contributed by atoms with Gasteiger partial charge in [0.25, 0.3) is 0 Å². The zero-order valence-electron chi connectivity index (χ0n) is 13.5. The molecule has 1 N–H and O–H groups in total. The normalized spacial score (nSPS) is 11.9. The van der Waals surface area contributed by atoms with Gasteiger partial charge in [-0.3, -0.25) is 0 Å². The van der Waals surface area contributed by atoms with Gasteiger partial charge < -0.3 is 5.32 Å². The summed E-state index contributed by atoms with van der Waals surface area (Å²) in [5, 5.41) is 3.26. The summed E-state index contributed by atoms with van der Waals surface area (Å²) in [5.74, 6) is -0.202. The standard InChI is InChI=1S/C17H21FN2O2S/c1-13-10-15(6-9-17(13)18)12-19-11-14-4-7-16(8-5-14)23(21,22)20(2)3/h4-10,19H,11-12H2,1-3H3. The fraction of sp³-hybridized carbons (Fsp3) is 0.294. The summed E-state index contributed by atoms with van der Waals surface area (Å²) in [6.07, 6.45) is 0. The van der Waals surface area contributed by atoms with Crippen LogP contribution < -0.4 is 5.32 Å². The molecule has 0 amide bonds. The number of benzene rings is 2. The van der Waals surface area contributed by atoms with E-state index in [1.54, 1.807) is 37.3 Å². The highest BCUT2D eigenvalue weighted by Gasteiger charge is 2.16. The molecule has 0 atom stereocenters. The summed E-state index contributed by atoms with van der Waals surface area (Å²) in [4.78, 5) is 0.278. The van der Waals surface area contributed by atoms with Gasteiger partial charge in [-0.1, -0.05) is 24.3 Å². The third-order valence-corrected chi connectivity index (χ3v) is 5.41. The molecule has 2 aromatic rings. The summed E-state index contributed by atoms with van der Waals surface area (Å²) in [6.45, 7) is 2.97. The van der Waals surface area contributed by atoms with Crippen molar-refractivity contribution in [2.45, 2.75) is 24.9 Å². The van der Waals surface area contributed by atoms with Crippen LogP contribution in [0, 0.1) is 12.7 Å². The quantitative estimate of drug-likeness (QED) is 0.882. The Hall–Kier alpha value is -1.76. The van der Waals surface area contributed by atoms with Gasteiger partial charge in [-0.15, -0.1) is 0 Å². The van der Waals surface area contributed by atoms with Gasteiger partial charge in [0.2, 0.25) is 10.0 Å². The smallest absolute Gasteiger partial charge is 0.242 e. The molecule has 0 heterocycles. The van der Waals surface area contributed by atoms with E-state index in [-0.39, 0.29) is 10.7 Å². The molecule has 0 bridgehead atoms. The second kappa shape index (κ2) is 7.21. The van der Waals surface area contributed by atoms with Gasteiger partial charge in [-0.05, 0) is 41.8 Å². The van der Waals surface area contributed by atoms with Crippen molar-refractivity contribution in [3.8, 4) is 0 Å². The molecule has 0 aliphatic heterocycles. The lowest BCUT2D eigenvalue weighted by atomic mass is 10.1. The fourth-order valence-electron chi connectivity index (χ4n) is 2.16. The fourth-order valence-corrected chi connectivity index (χ4v) is 3.06. The average molecular weight is 336 g/mol. The van der Waals surface area contributed by atoms with Gasteiger partial charge >= 0.3 is 0 Å². The number of halogens is 1. The van der Waals surface area contributed by atoms with Crippen molar-refractivity contribution in [3.63, 3.8) is 0 Å². The molecular weight excluding hydrogens is 315 g/mol. The molecule has 0 aliphatic carbocycles. The third-order valence-electron chi connectivity index (χ3n) is 3.58. The molecule has 0 aromatic heterocycles. The molecule has 0 saturated carbocycles. The molecule has 6 heteroatoms. The van der Waals surface area contributed by atoms with E-state index in [1.807, 2.05) is 6.07 Å². The SMILES string of the molecule is Cc1cc(CNCc2ccc(S(=O)(=O)N(C)C)cc2)ccc1F. The second-order valence-electron chi connectivity index (χ2n) is 5.62. The van der Waals surface area contributed by atoms with Crippen molar-refractivity contribution in [3.05, 3.63) is 65.0 Å². The predicted octanol–water partition coefficient (Wildman–Crippen LogP) is 2.67. The van der Waals surface area contributed by atoms with E-state index in [1.165, 1.54) is 24.5 Å². The van der Waals surface area contributed by atoms with E-state index < -0.39 is 10.0 Å². The lowest BCUT2D eigenvalue weighted by Gasteiger charge is -2.12. The van der Waals surface area contributed by atoms with Crippen LogP contribution in [0.2, 0.25) is 0 Å². The van der Waals surface area contributed by atoms with Crippen molar-refractivity contribution < 1.29 is 12.8 Å². The van der Waals surface area contributed by atoms with E-state index in [4.69, 9.17) is 0 Å². The van der Waals surface area contributed by atoms with Crippen LogP contribution in [0.5, 0.6) is 0 Å². The average Bonchev–Trinajstić information content (AvgIpc) is 2.51. The first-order valence-electron chi connectivity index (χ1n) is 7.28. The van der Waals surface area contributed by atoms with Crippen LogP contribution >= 0.6 is 0 Å². The number of hydrogen-bond donors (Lipinski definition) is 1. The number of nitrogens with one attached hydrogen (secondary N) is 1. The molecule has 0 saturated heterocycles. The lowest BCUT2D eigenvalue weighted by Crippen LogP contribution is -2.22. The van der Waals surface area contributed by atoms with E-state index in [0.29, 0.717) is 18.7 Å². The van der Waals surface area contributed by atoms with Gasteiger partial charge in [0.05, 0.1) is 4.90 Å². The topological polar surface area (TPSA) is 49.4 Å². The van der Waals surface area contributed by atoms with Crippen LogP contribution in [0.1, 0.15) is 16.7 Å². The highest BCUT2D eigenvalue weighted by atomic mass is 32.2. The largest absolute Gasteiger partial charge is 0.309 e. The van der Waals surface area contributed by atoms with Crippen LogP contribution in [-0.4, -0.2) is 26.8 Å². The third kappa shape index (κ3) is 4.37. The van der Waals surface area contributed by atoms with Gasteiger partial charge in [0.1, 0.15) is 5.82 Å². The minimum absolute atomic E-state index is 0.202. The summed E-state index contributed by atoms with van der Waals surface area (Å²) in [6, 6.07) is 11.8. The van der Waals surface area contributed by atoms with Crippen molar-refractivity contribution >= 4 is 10.0 Å². The Morgan fingerprint density at radius 1 is 1.00 bits per heavy atom. The molecule has 0 unspecified atom stereocenters. The van der Waals surface area contributed by atoms with Crippen LogP contribution in [0.15, 0.2) is 47.4 Å². The van der Waals surface area contributed by atoms with Crippen molar-refractivity contribution in [1.82, 2.24) is 9.62 Å². The maximum Gasteiger partial charge on any atom is 0.242 e. The molecular formula is C17H21FN2O2S. The zero-order chi connectivity index (χ0) is 17.0. The Bertz CT molecular complexity index is 772. The highest BCUT2D eigenvalue weighted by molar-refractivity contribution is 7.89. The molecule has 0 spiro atoms. The van der Waals surface area contributed by atoms with Crippen LogP contribution in [-0.2, 0) is 23.1 Å². The van der Waals surface area contributed by atoms with Crippen molar-refractivity contribution in [1.29, 1.82) is 0 Å². The van der Waals surface area contributed by atoms with E-state index in [9.17, 15) is 12.8 Å². The highest BCUT2D eigenvalue weighted by Crippen LogP contribution is 2.14. The van der Waals surface area contributed by atoms with Crippen molar-refractivity contribution in [2.75, 3.05) is 14.1 Å². The Morgan fingerprint density at radius 3 is 2.13 bits per heavy atom. The summed E-state index contributed by atoms with van der Waals surface area (Å²) in [7, 11) is -0.370. The minimum Gasteiger partial charge on any atom is -0.309 e. The van der Waals surface area contributed by atoms with E-state index >= 15 is 0 Å². The van der Waals surface area contributed by atoms with Crippen LogP contribution in [0.3, 0.4) is 0 Å². The molecule has 23 heavy (non-hydrogen) atoms. The Morgan fingerprint density at radius 2 is 1.57 bits per heavy atom. The number of nitrogens with zero attached hydrogens (tertiary/aromatic N) is 1. The van der Waals surface area contributed by atoms with Crippen LogP contribution in [0.4, 0.5) is 4.39 Å². The lowest BCUT2D eigenvalue weighted by molar-refractivity contribution is 0.520. The summed E-state index contributed by atoms with van der Waals surface area (Å²) >= 11 is 0. The minimum atomic E-state index is -3.39. The Labute approximate surface area is 137 Å².